The van der Waals surface area contributed by atoms with E-state index >= 15 is 0 Å². The quantitative estimate of drug-likeness (QED) is 0.0825. The fourth-order valence-electron chi connectivity index (χ4n) is 9.72. The second kappa shape index (κ2) is 27.4. The van der Waals surface area contributed by atoms with Crippen LogP contribution in [-0.2, 0) is 49.4 Å². The number of hydrogen-bond acceptors (Lipinski definition) is 12. The molecular formula is C52H79N7O11. The van der Waals surface area contributed by atoms with Gasteiger partial charge in [-0.1, -0.05) is 97.4 Å². The summed E-state index contributed by atoms with van der Waals surface area (Å²) in [5.41, 5.74) is 1.38. The number of rotatable bonds is 28. The predicted octanol–water partition coefficient (Wildman–Crippen LogP) is 3.72. The third-order valence-corrected chi connectivity index (χ3v) is 13.6. The van der Waals surface area contributed by atoms with Crippen molar-refractivity contribution in [2.75, 3.05) is 68.3 Å². The molecule has 0 spiro atoms. The maximum atomic E-state index is 14.4. The van der Waals surface area contributed by atoms with Crippen LogP contribution in [0.4, 0.5) is 0 Å². The average Bonchev–Trinajstić information content (AvgIpc) is 3.91. The normalized spacial score (nSPS) is 18.2. The summed E-state index contributed by atoms with van der Waals surface area (Å²) < 4.78 is 17.7. The molecule has 0 bridgehead atoms. The molecule has 18 heteroatoms. The number of likely N-dealkylation sites (N-methyl/N-ethyl adjacent to an activating group) is 2. The Hall–Kier alpha value is -5.27. The summed E-state index contributed by atoms with van der Waals surface area (Å²) in [4.78, 5) is 106. The Morgan fingerprint density at radius 2 is 1.40 bits per heavy atom. The summed E-state index contributed by atoms with van der Waals surface area (Å²) in [7, 11) is 8.45. The first kappa shape index (κ1) is 57.3. The minimum atomic E-state index is -0.957. The summed E-state index contributed by atoms with van der Waals surface area (Å²) >= 11 is 0. The highest BCUT2D eigenvalue weighted by molar-refractivity contribution is 6.20. The minimum absolute atomic E-state index is 0.0166. The van der Waals surface area contributed by atoms with Crippen LogP contribution in [0.3, 0.4) is 0 Å². The zero-order valence-electron chi connectivity index (χ0n) is 43.4. The highest BCUT2D eigenvalue weighted by atomic mass is 16.7. The standard InChI is InChI=1S/C52H79N7O11/c1-13-34(6)45(57(10)52(66)43(32(2)3)55-49(63)44(33(4)5)56(8)9)41(67-11)31-42(60)58-26-19-24-40(58)46(68-12)35(7)47(61)54-39(30-36-20-15-14-16-21-36)48(62)53-25-27-69-28-29-70-59-50(64)37-22-17-18-23-38(37)51(59)65/h14-18,20-23,32-35,39-41,43-46H,13,19,24-31H2,1-12H3,(H,53,62)(H,54,61)(H,55,63)/t34-,35+,39-,40-,41+,43-,44?,45-,46+/m0/s1. The van der Waals surface area contributed by atoms with E-state index in [1.54, 1.807) is 48.0 Å². The Kier molecular flexibility index (Phi) is 22.4. The molecule has 7 amide bonds. The van der Waals surface area contributed by atoms with Gasteiger partial charge in [-0.3, -0.25) is 43.3 Å². The number of carbonyl (C=O) groups excluding carboxylic acids is 7. The molecule has 2 aromatic rings. The van der Waals surface area contributed by atoms with Crippen molar-refractivity contribution in [1.82, 2.24) is 35.7 Å². The van der Waals surface area contributed by atoms with Crippen LogP contribution in [0.15, 0.2) is 54.6 Å². The molecule has 2 heterocycles. The van der Waals surface area contributed by atoms with Crippen LogP contribution in [0.1, 0.15) is 100 Å². The molecular weight excluding hydrogens is 899 g/mol. The molecule has 3 N–H and O–H groups in total. The lowest BCUT2D eigenvalue weighted by atomic mass is 9.89. The number of nitrogens with one attached hydrogen (secondary N) is 3. The van der Waals surface area contributed by atoms with E-state index in [0.29, 0.717) is 25.8 Å². The number of fused-ring (bicyclic) bond motifs is 1. The summed E-state index contributed by atoms with van der Waals surface area (Å²) in [6, 6.07) is 12.6. The van der Waals surface area contributed by atoms with Crippen molar-refractivity contribution < 1.29 is 52.6 Å². The van der Waals surface area contributed by atoms with Crippen LogP contribution in [0.2, 0.25) is 0 Å². The Bertz CT molecular complexity index is 2030. The van der Waals surface area contributed by atoms with Gasteiger partial charge in [0.1, 0.15) is 12.1 Å². The molecule has 2 aliphatic heterocycles. The smallest absolute Gasteiger partial charge is 0.285 e. The van der Waals surface area contributed by atoms with Gasteiger partial charge in [0.05, 0.1) is 73.6 Å². The lowest BCUT2D eigenvalue weighted by molar-refractivity contribution is -0.148. The number of carbonyl (C=O) groups is 7. The molecule has 2 aromatic carbocycles. The first-order valence-corrected chi connectivity index (χ1v) is 24.7. The van der Waals surface area contributed by atoms with Crippen LogP contribution in [0, 0.1) is 23.7 Å². The highest BCUT2D eigenvalue weighted by Gasteiger charge is 2.44. The molecule has 0 saturated carbocycles. The third-order valence-electron chi connectivity index (χ3n) is 13.6. The number of likely N-dealkylation sites (tertiary alicyclic amines) is 1. The molecule has 70 heavy (non-hydrogen) atoms. The molecule has 4 rings (SSSR count). The lowest BCUT2D eigenvalue weighted by Crippen LogP contribution is -2.59. The van der Waals surface area contributed by atoms with Crippen molar-refractivity contribution in [2.45, 2.75) is 123 Å². The predicted molar refractivity (Wildman–Crippen MR) is 264 cm³/mol. The van der Waals surface area contributed by atoms with Gasteiger partial charge in [-0.15, -0.1) is 5.06 Å². The molecule has 9 atom stereocenters. The van der Waals surface area contributed by atoms with E-state index in [2.05, 4.69) is 16.0 Å². The monoisotopic (exact) mass is 978 g/mol. The molecule has 1 saturated heterocycles. The van der Waals surface area contributed by atoms with Gasteiger partial charge in [0.25, 0.3) is 11.8 Å². The number of hydroxylamine groups is 2. The van der Waals surface area contributed by atoms with Gasteiger partial charge >= 0.3 is 0 Å². The van der Waals surface area contributed by atoms with Gasteiger partial charge in [-0.25, -0.2) is 0 Å². The fraction of sp³-hybridized carbons (Fsp3) is 0.635. The topological polar surface area (TPSA) is 205 Å². The van der Waals surface area contributed by atoms with E-state index in [9.17, 15) is 33.6 Å². The number of methoxy groups -OCH3 is 2. The first-order valence-electron chi connectivity index (χ1n) is 24.7. The number of nitrogens with zero attached hydrogens (tertiary/aromatic N) is 4. The summed E-state index contributed by atoms with van der Waals surface area (Å²) in [5.74, 6) is -3.67. The summed E-state index contributed by atoms with van der Waals surface area (Å²) in [6.45, 7) is 14.1. The van der Waals surface area contributed by atoms with Gasteiger partial charge in [0.15, 0.2) is 0 Å². The zero-order chi connectivity index (χ0) is 51.8. The molecule has 1 unspecified atom stereocenters. The Balaban J connectivity index is 1.39. The van der Waals surface area contributed by atoms with Gasteiger partial charge in [0.2, 0.25) is 29.5 Å². The lowest BCUT2D eigenvalue weighted by Gasteiger charge is -2.41. The Labute approximate surface area is 414 Å². The fourth-order valence-corrected chi connectivity index (χ4v) is 9.72. The van der Waals surface area contributed by atoms with Gasteiger partial charge in [0, 0.05) is 40.8 Å². The number of benzene rings is 2. The largest absolute Gasteiger partial charge is 0.379 e. The highest BCUT2D eigenvalue weighted by Crippen LogP contribution is 2.30. The maximum absolute atomic E-state index is 14.4. The molecule has 0 aromatic heterocycles. The number of ether oxygens (including phenoxy) is 3. The number of hydrogen-bond donors (Lipinski definition) is 3. The van der Waals surface area contributed by atoms with Gasteiger partial charge < -0.3 is 40.0 Å². The minimum Gasteiger partial charge on any atom is -0.379 e. The number of imide groups is 1. The Morgan fingerprint density at radius 1 is 0.771 bits per heavy atom. The maximum Gasteiger partial charge on any atom is 0.285 e. The summed E-state index contributed by atoms with van der Waals surface area (Å²) in [6.07, 6.45) is 0.742. The van der Waals surface area contributed by atoms with Crippen molar-refractivity contribution in [3.63, 3.8) is 0 Å². The van der Waals surface area contributed by atoms with E-state index in [1.807, 2.05) is 90.9 Å². The molecule has 2 aliphatic rings. The van der Waals surface area contributed by atoms with Crippen molar-refractivity contribution in [2.24, 2.45) is 23.7 Å². The van der Waals surface area contributed by atoms with Crippen LogP contribution in [-0.4, -0.2) is 172 Å². The average molecular weight is 978 g/mol. The molecule has 0 radical (unpaired) electrons. The molecule has 18 nitrogen and oxygen atoms in total. The molecule has 388 valence electrons. The zero-order valence-corrected chi connectivity index (χ0v) is 43.4. The molecule has 0 aliphatic carbocycles. The number of amides is 7. The summed E-state index contributed by atoms with van der Waals surface area (Å²) in [5, 5.41) is 9.54. The third kappa shape index (κ3) is 14.7. The van der Waals surface area contributed by atoms with Crippen molar-refractivity contribution in [3.8, 4) is 0 Å². The van der Waals surface area contributed by atoms with E-state index in [0.717, 1.165) is 10.6 Å². The second-order valence-electron chi connectivity index (χ2n) is 19.4. The van der Waals surface area contributed by atoms with E-state index in [-0.39, 0.29) is 85.8 Å². The first-order chi connectivity index (χ1) is 33.3. The van der Waals surface area contributed by atoms with Gasteiger partial charge in [-0.05, 0) is 62.4 Å². The Morgan fingerprint density at radius 3 is 1.96 bits per heavy atom. The van der Waals surface area contributed by atoms with Crippen molar-refractivity contribution in [3.05, 3.63) is 71.3 Å². The SMILES string of the molecule is CC[C@H](C)[C@@H]([C@@H](CC(=O)N1CCC[C@H]1[C@H](OC)[C@@H](C)C(=O)N[C@@H](Cc1ccccc1)C(=O)NCCOCCON1C(=O)c2ccccc2C1=O)OC)N(C)C(=O)[C@@H](NC(=O)C(C(C)C)N(C)C)C(C)C. The van der Waals surface area contributed by atoms with Crippen LogP contribution >= 0.6 is 0 Å². The van der Waals surface area contributed by atoms with E-state index in [4.69, 9.17) is 19.0 Å². The van der Waals surface area contributed by atoms with E-state index in [1.165, 1.54) is 14.2 Å². The van der Waals surface area contributed by atoms with Crippen LogP contribution in [0.25, 0.3) is 0 Å². The van der Waals surface area contributed by atoms with E-state index < -0.39 is 72.0 Å². The second-order valence-corrected chi connectivity index (χ2v) is 19.4. The van der Waals surface area contributed by atoms with Crippen molar-refractivity contribution in [1.29, 1.82) is 0 Å². The molecule has 1 fully saturated rings. The van der Waals surface area contributed by atoms with Crippen LogP contribution in [0.5, 0.6) is 0 Å². The van der Waals surface area contributed by atoms with Crippen LogP contribution < -0.4 is 16.0 Å². The van der Waals surface area contributed by atoms with Gasteiger partial charge in [-0.2, -0.15) is 0 Å². The van der Waals surface area contributed by atoms with Crippen molar-refractivity contribution >= 4 is 41.4 Å².